The topological polar surface area (TPSA) is 48.9 Å². The van der Waals surface area contributed by atoms with Crippen LogP contribution in [0.5, 0.6) is 0 Å². The van der Waals surface area contributed by atoms with Crippen LogP contribution in [-0.2, 0) is 11.2 Å². The maximum Gasteiger partial charge on any atom is 0.191 e. The smallest absolute Gasteiger partial charge is 0.191 e. The molecule has 0 aliphatic carbocycles. The number of methoxy groups -OCH3 is 1. The molecule has 0 unspecified atom stereocenters. The number of halogens is 1. The number of benzene rings is 2. The van der Waals surface area contributed by atoms with Crippen molar-refractivity contribution in [3.8, 4) is 0 Å². The number of aliphatic imine (C=N–C) groups is 1. The second kappa shape index (κ2) is 13.7. The maximum absolute atomic E-state index is 5.09. The van der Waals surface area contributed by atoms with Crippen LogP contribution in [0.15, 0.2) is 47.5 Å². The molecule has 0 fully saturated rings. The average Bonchev–Trinajstić information content (AvgIpc) is 2.67. The molecule has 6 heteroatoms. The summed E-state index contributed by atoms with van der Waals surface area (Å²) >= 11 is 0. The first kappa shape index (κ1) is 23.7. The summed E-state index contributed by atoms with van der Waals surface area (Å²) in [6.07, 6.45) is 2.03. The SMILES string of the molecule is CN=C(NCCc1cccc2ccccc12)NCCN(C)CCCOC.I. The quantitative estimate of drug-likeness (QED) is 0.236. The largest absolute Gasteiger partial charge is 0.385 e. The molecule has 150 valence electrons. The number of guanidine groups is 1. The van der Waals surface area contributed by atoms with Crippen molar-refractivity contribution in [2.24, 2.45) is 4.99 Å². The molecule has 0 radical (unpaired) electrons. The van der Waals surface area contributed by atoms with Crippen molar-refractivity contribution in [2.75, 3.05) is 54.0 Å². The zero-order valence-corrected chi connectivity index (χ0v) is 19.0. The molecule has 0 spiro atoms. The Bertz CT molecular complexity index is 687. The second-order valence-corrected chi connectivity index (χ2v) is 6.46. The minimum absolute atomic E-state index is 0. The van der Waals surface area contributed by atoms with Crippen LogP contribution in [-0.4, -0.2) is 64.9 Å². The lowest BCUT2D eigenvalue weighted by molar-refractivity contribution is 0.180. The van der Waals surface area contributed by atoms with Crippen LogP contribution < -0.4 is 10.6 Å². The normalized spacial score (nSPS) is 11.5. The van der Waals surface area contributed by atoms with Gasteiger partial charge in [0.2, 0.25) is 0 Å². The molecule has 0 saturated heterocycles. The lowest BCUT2D eigenvalue weighted by Gasteiger charge is -2.18. The fourth-order valence-electron chi connectivity index (χ4n) is 3.00. The van der Waals surface area contributed by atoms with Crippen molar-refractivity contribution in [1.29, 1.82) is 0 Å². The third kappa shape index (κ3) is 8.45. The molecule has 0 aromatic heterocycles. The molecule has 0 bridgehead atoms. The van der Waals surface area contributed by atoms with Crippen molar-refractivity contribution in [2.45, 2.75) is 12.8 Å². The molecule has 0 aliphatic heterocycles. The molecule has 0 amide bonds. The molecule has 2 aromatic rings. The Morgan fingerprint density at radius 1 is 1.04 bits per heavy atom. The van der Waals surface area contributed by atoms with Gasteiger partial charge in [-0.05, 0) is 36.2 Å². The first-order valence-corrected chi connectivity index (χ1v) is 9.33. The first-order chi connectivity index (χ1) is 12.7. The van der Waals surface area contributed by atoms with Crippen LogP contribution in [0.2, 0.25) is 0 Å². The molecule has 0 aliphatic rings. The zero-order valence-electron chi connectivity index (χ0n) is 16.7. The van der Waals surface area contributed by atoms with Crippen molar-refractivity contribution < 1.29 is 4.74 Å². The van der Waals surface area contributed by atoms with Crippen LogP contribution in [0.1, 0.15) is 12.0 Å². The molecular weight excluding hydrogens is 451 g/mol. The summed E-state index contributed by atoms with van der Waals surface area (Å²) in [5, 5.41) is 9.42. The highest BCUT2D eigenvalue weighted by molar-refractivity contribution is 14.0. The van der Waals surface area contributed by atoms with Crippen molar-refractivity contribution in [1.82, 2.24) is 15.5 Å². The monoisotopic (exact) mass is 484 g/mol. The van der Waals surface area contributed by atoms with Gasteiger partial charge in [-0.25, -0.2) is 0 Å². The van der Waals surface area contributed by atoms with Gasteiger partial charge in [0.05, 0.1) is 0 Å². The van der Waals surface area contributed by atoms with Gasteiger partial charge in [-0.1, -0.05) is 42.5 Å². The van der Waals surface area contributed by atoms with E-state index in [1.807, 2.05) is 7.05 Å². The Kier molecular flexibility index (Phi) is 12.0. The number of fused-ring (bicyclic) bond motifs is 1. The minimum Gasteiger partial charge on any atom is -0.385 e. The molecule has 5 nitrogen and oxygen atoms in total. The lowest BCUT2D eigenvalue weighted by atomic mass is 10.0. The second-order valence-electron chi connectivity index (χ2n) is 6.46. The van der Waals surface area contributed by atoms with Gasteiger partial charge in [-0.2, -0.15) is 0 Å². The predicted molar refractivity (Wildman–Crippen MR) is 126 cm³/mol. The minimum atomic E-state index is 0. The Morgan fingerprint density at radius 2 is 1.78 bits per heavy atom. The number of hydrogen-bond donors (Lipinski definition) is 2. The maximum atomic E-state index is 5.09. The summed E-state index contributed by atoms with van der Waals surface area (Å²) in [5.41, 5.74) is 1.36. The van der Waals surface area contributed by atoms with E-state index in [0.29, 0.717) is 0 Å². The lowest BCUT2D eigenvalue weighted by Crippen LogP contribution is -2.41. The van der Waals surface area contributed by atoms with Gasteiger partial charge in [0.25, 0.3) is 0 Å². The number of likely N-dealkylation sites (N-methyl/N-ethyl adjacent to an activating group) is 1. The molecule has 2 N–H and O–H groups in total. The Hall–Kier alpha value is -1.38. The van der Waals surface area contributed by atoms with Crippen LogP contribution in [0.4, 0.5) is 0 Å². The van der Waals surface area contributed by atoms with Crippen molar-refractivity contribution in [3.05, 3.63) is 48.0 Å². The van der Waals surface area contributed by atoms with Crippen LogP contribution in [0, 0.1) is 0 Å². The van der Waals surface area contributed by atoms with E-state index < -0.39 is 0 Å². The van der Waals surface area contributed by atoms with E-state index in [0.717, 1.165) is 51.6 Å². The van der Waals surface area contributed by atoms with Gasteiger partial charge in [-0.3, -0.25) is 4.99 Å². The van der Waals surface area contributed by atoms with E-state index in [-0.39, 0.29) is 24.0 Å². The average molecular weight is 484 g/mol. The number of nitrogens with zero attached hydrogens (tertiary/aromatic N) is 2. The third-order valence-electron chi connectivity index (χ3n) is 4.46. The highest BCUT2D eigenvalue weighted by Crippen LogP contribution is 2.18. The molecule has 0 saturated carbocycles. The summed E-state index contributed by atoms with van der Waals surface area (Å²) in [6, 6.07) is 15.0. The molecule has 0 atom stereocenters. The molecule has 2 aromatic carbocycles. The van der Waals surface area contributed by atoms with E-state index in [1.54, 1.807) is 7.11 Å². The summed E-state index contributed by atoms with van der Waals surface area (Å²) < 4.78 is 5.09. The van der Waals surface area contributed by atoms with Gasteiger partial charge in [0, 0.05) is 46.9 Å². The molecule has 2 rings (SSSR count). The Balaban J connectivity index is 0.00000364. The van der Waals surface area contributed by atoms with E-state index in [1.165, 1.54) is 16.3 Å². The van der Waals surface area contributed by atoms with Crippen LogP contribution >= 0.6 is 24.0 Å². The van der Waals surface area contributed by atoms with Gasteiger partial charge in [0.1, 0.15) is 0 Å². The predicted octanol–water partition coefficient (Wildman–Crippen LogP) is 3.13. The molecule has 0 heterocycles. The van der Waals surface area contributed by atoms with E-state index in [9.17, 15) is 0 Å². The van der Waals surface area contributed by atoms with Crippen molar-refractivity contribution >= 4 is 40.7 Å². The number of ether oxygens (including phenoxy) is 1. The van der Waals surface area contributed by atoms with Crippen LogP contribution in [0.25, 0.3) is 10.8 Å². The first-order valence-electron chi connectivity index (χ1n) is 9.33. The Morgan fingerprint density at radius 3 is 2.56 bits per heavy atom. The third-order valence-corrected chi connectivity index (χ3v) is 4.46. The van der Waals surface area contributed by atoms with Gasteiger partial charge < -0.3 is 20.3 Å². The van der Waals surface area contributed by atoms with E-state index in [4.69, 9.17) is 4.74 Å². The standard InChI is InChI=1S/C21H32N4O.HI/c1-22-21(24-14-16-25(2)15-7-17-26-3)23-13-12-19-10-6-9-18-8-4-5-11-20(18)19;/h4-6,8-11H,7,12-17H2,1-3H3,(H2,22,23,24);1H. The highest BCUT2D eigenvalue weighted by atomic mass is 127. The highest BCUT2D eigenvalue weighted by Gasteiger charge is 2.03. The van der Waals surface area contributed by atoms with Gasteiger partial charge in [-0.15, -0.1) is 24.0 Å². The fraction of sp³-hybridized carbons (Fsp3) is 0.476. The summed E-state index contributed by atoms with van der Waals surface area (Å²) in [4.78, 5) is 6.61. The van der Waals surface area contributed by atoms with E-state index >= 15 is 0 Å². The fourth-order valence-corrected chi connectivity index (χ4v) is 3.00. The zero-order chi connectivity index (χ0) is 18.6. The number of rotatable bonds is 10. The molecule has 27 heavy (non-hydrogen) atoms. The Labute approximate surface area is 180 Å². The van der Waals surface area contributed by atoms with Crippen LogP contribution in [0.3, 0.4) is 0 Å². The summed E-state index contributed by atoms with van der Waals surface area (Å²) in [5.74, 6) is 0.857. The molecular formula is C21H33IN4O. The van der Waals surface area contributed by atoms with Crippen molar-refractivity contribution in [3.63, 3.8) is 0 Å². The summed E-state index contributed by atoms with van der Waals surface area (Å²) in [6.45, 7) is 4.57. The summed E-state index contributed by atoms with van der Waals surface area (Å²) in [7, 11) is 5.69. The number of nitrogens with one attached hydrogen (secondary N) is 2. The van der Waals surface area contributed by atoms with Gasteiger partial charge >= 0.3 is 0 Å². The number of hydrogen-bond acceptors (Lipinski definition) is 3. The van der Waals surface area contributed by atoms with Gasteiger partial charge in [0.15, 0.2) is 5.96 Å². The van der Waals surface area contributed by atoms with E-state index in [2.05, 4.69) is 70.0 Å².